The smallest absolute Gasteiger partial charge is 0.335 e. The lowest BCUT2D eigenvalue weighted by molar-refractivity contribution is 0.0697. The number of H-pyrrole nitrogens is 1. The standard InChI is InChI=1S/C28H20ClN7O3/c29-20-7-9-24(36-16-30-33-34-36)21(15-20)18-10-11-35(26(37)14-18)25(12-17-4-2-1-3-5-17)27-31-22-8-6-19(28(38)39)13-23(22)32-27/h1-11,13-16,25H,12H2,(H,31,32)(H,38,39)/t25-/m1/s1. The van der Waals surface area contributed by atoms with E-state index in [0.29, 0.717) is 45.1 Å². The Hall–Kier alpha value is -5.09. The van der Waals surface area contributed by atoms with Gasteiger partial charge in [-0.25, -0.2) is 9.78 Å². The topological polar surface area (TPSA) is 132 Å². The van der Waals surface area contributed by atoms with E-state index in [4.69, 9.17) is 11.6 Å². The third-order valence-corrected chi connectivity index (χ3v) is 6.72. The van der Waals surface area contributed by atoms with Gasteiger partial charge in [0.15, 0.2) is 0 Å². The molecule has 0 saturated carbocycles. The third kappa shape index (κ3) is 4.80. The van der Waals surface area contributed by atoms with Crippen molar-refractivity contribution in [3.05, 3.63) is 124 Å². The fourth-order valence-electron chi connectivity index (χ4n) is 4.61. The largest absolute Gasteiger partial charge is 0.478 e. The Kier molecular flexibility index (Phi) is 6.22. The Bertz CT molecular complexity index is 1860. The second kappa shape index (κ2) is 9.99. The summed E-state index contributed by atoms with van der Waals surface area (Å²) in [5.41, 5.74) is 4.13. The summed E-state index contributed by atoms with van der Waals surface area (Å²) in [5, 5.41) is 21.3. The number of carboxylic acids is 1. The maximum atomic E-state index is 13.6. The van der Waals surface area contributed by atoms with E-state index in [0.717, 1.165) is 5.56 Å². The highest BCUT2D eigenvalue weighted by molar-refractivity contribution is 6.31. The van der Waals surface area contributed by atoms with Crippen LogP contribution >= 0.6 is 11.6 Å². The van der Waals surface area contributed by atoms with Crippen molar-refractivity contribution in [3.63, 3.8) is 0 Å². The van der Waals surface area contributed by atoms with Gasteiger partial charge < -0.3 is 14.7 Å². The van der Waals surface area contributed by atoms with E-state index in [1.807, 2.05) is 36.4 Å². The highest BCUT2D eigenvalue weighted by Gasteiger charge is 2.21. The summed E-state index contributed by atoms with van der Waals surface area (Å²) < 4.78 is 3.13. The number of pyridine rings is 1. The molecule has 1 atom stereocenters. The first-order valence-corrected chi connectivity index (χ1v) is 12.4. The second-order valence-corrected chi connectivity index (χ2v) is 9.38. The predicted molar refractivity (Wildman–Crippen MR) is 145 cm³/mol. The van der Waals surface area contributed by atoms with Crippen molar-refractivity contribution in [3.8, 4) is 16.8 Å². The molecule has 3 aromatic carbocycles. The van der Waals surface area contributed by atoms with E-state index in [1.165, 1.54) is 23.1 Å². The molecular weight excluding hydrogens is 518 g/mol. The van der Waals surface area contributed by atoms with Crippen LogP contribution in [-0.4, -0.2) is 45.8 Å². The Morgan fingerprint density at radius 2 is 1.87 bits per heavy atom. The van der Waals surface area contributed by atoms with Gasteiger partial charge in [0.1, 0.15) is 12.2 Å². The van der Waals surface area contributed by atoms with Crippen LogP contribution < -0.4 is 5.56 Å². The molecule has 6 aromatic rings. The number of imidazole rings is 1. The number of hydrogen-bond donors (Lipinski definition) is 2. The molecule has 0 aliphatic carbocycles. The molecule has 0 fully saturated rings. The zero-order valence-electron chi connectivity index (χ0n) is 20.3. The Morgan fingerprint density at radius 1 is 1.03 bits per heavy atom. The van der Waals surface area contributed by atoms with Crippen LogP contribution in [0.1, 0.15) is 27.8 Å². The highest BCUT2D eigenvalue weighted by atomic mass is 35.5. The fraction of sp³-hybridized carbons (Fsp3) is 0.0714. The van der Waals surface area contributed by atoms with Crippen molar-refractivity contribution in [2.45, 2.75) is 12.5 Å². The number of carboxylic acid groups (broad SMARTS) is 1. The first kappa shape index (κ1) is 24.3. The Labute approximate surface area is 226 Å². The molecule has 3 heterocycles. The van der Waals surface area contributed by atoms with E-state index in [-0.39, 0.29) is 11.1 Å². The Balaban J connectivity index is 1.45. The first-order valence-electron chi connectivity index (χ1n) is 12.0. The summed E-state index contributed by atoms with van der Waals surface area (Å²) in [5.74, 6) is -0.487. The summed E-state index contributed by atoms with van der Waals surface area (Å²) in [6, 6.07) is 22.7. The number of aromatic nitrogens is 7. The van der Waals surface area contributed by atoms with Gasteiger partial charge in [0, 0.05) is 29.3 Å². The average Bonchev–Trinajstić information content (AvgIpc) is 3.62. The molecule has 0 aliphatic heterocycles. The van der Waals surface area contributed by atoms with Gasteiger partial charge in [-0.05, 0) is 64.0 Å². The number of aromatic amines is 1. The molecule has 0 aliphatic rings. The number of benzene rings is 3. The van der Waals surface area contributed by atoms with Crippen LogP contribution in [0, 0.1) is 0 Å². The molecule has 10 nitrogen and oxygen atoms in total. The van der Waals surface area contributed by atoms with E-state index < -0.39 is 12.0 Å². The zero-order chi connectivity index (χ0) is 26.9. The van der Waals surface area contributed by atoms with Gasteiger partial charge in [0.05, 0.1) is 28.3 Å². The van der Waals surface area contributed by atoms with Gasteiger partial charge in [0.2, 0.25) is 0 Å². The SMILES string of the molecule is O=C(O)c1ccc2[nH]c([C@@H](Cc3ccccc3)n3ccc(-c4cc(Cl)ccc4-n4cnnn4)cc3=O)nc2c1. The van der Waals surface area contributed by atoms with Gasteiger partial charge in [-0.1, -0.05) is 41.9 Å². The molecule has 11 heteroatoms. The summed E-state index contributed by atoms with van der Waals surface area (Å²) in [6.07, 6.45) is 3.69. The van der Waals surface area contributed by atoms with Crippen molar-refractivity contribution in [1.29, 1.82) is 0 Å². The molecule has 0 spiro atoms. The highest BCUT2D eigenvalue weighted by Crippen LogP contribution is 2.30. The molecule has 2 N–H and O–H groups in total. The van der Waals surface area contributed by atoms with Crippen molar-refractivity contribution < 1.29 is 9.90 Å². The molecule has 39 heavy (non-hydrogen) atoms. The predicted octanol–water partition coefficient (Wildman–Crippen LogP) is 4.55. The maximum absolute atomic E-state index is 13.6. The summed E-state index contributed by atoms with van der Waals surface area (Å²) in [7, 11) is 0. The maximum Gasteiger partial charge on any atom is 0.335 e. The number of rotatable bonds is 7. The molecule has 0 saturated heterocycles. The molecule has 0 amide bonds. The second-order valence-electron chi connectivity index (χ2n) is 8.94. The van der Waals surface area contributed by atoms with Crippen LogP contribution in [0.4, 0.5) is 0 Å². The molecule has 6 rings (SSSR count). The van der Waals surface area contributed by atoms with E-state index in [2.05, 4.69) is 25.5 Å². The van der Waals surface area contributed by atoms with Crippen LogP contribution in [0.3, 0.4) is 0 Å². The lowest BCUT2D eigenvalue weighted by Gasteiger charge is -2.19. The number of fused-ring (bicyclic) bond motifs is 1. The van der Waals surface area contributed by atoms with Crippen molar-refractivity contribution in [2.75, 3.05) is 0 Å². The Morgan fingerprint density at radius 3 is 2.62 bits per heavy atom. The van der Waals surface area contributed by atoms with Gasteiger partial charge >= 0.3 is 5.97 Å². The number of aromatic carboxylic acids is 1. The molecule has 0 bridgehead atoms. The fourth-order valence-corrected chi connectivity index (χ4v) is 4.78. The van der Waals surface area contributed by atoms with Crippen molar-refractivity contribution >= 4 is 28.6 Å². The number of tetrazole rings is 1. The molecule has 0 unspecified atom stereocenters. The van der Waals surface area contributed by atoms with Gasteiger partial charge in [-0.15, -0.1) is 5.10 Å². The normalized spacial score (nSPS) is 12.0. The van der Waals surface area contributed by atoms with Gasteiger partial charge in [0.25, 0.3) is 5.56 Å². The number of nitrogens with one attached hydrogen (secondary N) is 1. The van der Waals surface area contributed by atoms with Crippen LogP contribution in [0.2, 0.25) is 5.02 Å². The number of halogens is 1. The van der Waals surface area contributed by atoms with E-state index >= 15 is 0 Å². The first-order chi connectivity index (χ1) is 19.0. The number of hydrogen-bond acceptors (Lipinski definition) is 6. The number of carbonyl (C=O) groups is 1. The minimum absolute atomic E-state index is 0.140. The van der Waals surface area contributed by atoms with Gasteiger partial charge in [-0.2, -0.15) is 4.68 Å². The monoisotopic (exact) mass is 537 g/mol. The minimum Gasteiger partial charge on any atom is -0.478 e. The van der Waals surface area contributed by atoms with Crippen LogP contribution in [0.5, 0.6) is 0 Å². The zero-order valence-corrected chi connectivity index (χ0v) is 21.0. The summed E-state index contributed by atoms with van der Waals surface area (Å²) >= 11 is 6.30. The minimum atomic E-state index is -1.03. The van der Waals surface area contributed by atoms with E-state index in [1.54, 1.807) is 41.1 Å². The number of nitrogens with zero attached hydrogens (tertiary/aromatic N) is 6. The quantitative estimate of drug-likeness (QED) is 0.305. The summed E-state index contributed by atoms with van der Waals surface area (Å²) in [4.78, 5) is 33.1. The molecule has 0 radical (unpaired) electrons. The lowest BCUT2D eigenvalue weighted by atomic mass is 10.0. The average molecular weight is 538 g/mol. The molecular formula is C28H20ClN7O3. The van der Waals surface area contributed by atoms with Crippen LogP contribution in [0.15, 0.2) is 96.2 Å². The van der Waals surface area contributed by atoms with E-state index in [9.17, 15) is 14.7 Å². The van der Waals surface area contributed by atoms with Crippen LogP contribution in [-0.2, 0) is 6.42 Å². The van der Waals surface area contributed by atoms with Crippen molar-refractivity contribution in [1.82, 2.24) is 34.7 Å². The third-order valence-electron chi connectivity index (χ3n) is 6.49. The lowest BCUT2D eigenvalue weighted by Crippen LogP contribution is -2.27. The molecule has 3 aromatic heterocycles. The van der Waals surface area contributed by atoms with Gasteiger partial charge in [-0.3, -0.25) is 4.79 Å². The summed E-state index contributed by atoms with van der Waals surface area (Å²) in [6.45, 7) is 0. The molecule has 192 valence electrons. The van der Waals surface area contributed by atoms with Crippen molar-refractivity contribution in [2.24, 2.45) is 0 Å². The van der Waals surface area contributed by atoms with Crippen LogP contribution in [0.25, 0.3) is 27.8 Å².